The van der Waals surface area contributed by atoms with Gasteiger partial charge >= 0.3 is 5.97 Å². The summed E-state index contributed by atoms with van der Waals surface area (Å²) in [6.45, 7) is 2.37. The van der Waals surface area contributed by atoms with Gasteiger partial charge in [0.25, 0.3) is 0 Å². The van der Waals surface area contributed by atoms with Gasteiger partial charge in [-0.1, -0.05) is 15.9 Å². The molecule has 0 N–H and O–H groups in total. The lowest BCUT2D eigenvalue weighted by Gasteiger charge is -2.23. The van der Waals surface area contributed by atoms with Gasteiger partial charge in [0.15, 0.2) is 26.2 Å². The molecule has 5 nitrogen and oxygen atoms in total. The van der Waals surface area contributed by atoms with E-state index in [1.807, 2.05) is 0 Å². The third-order valence-corrected chi connectivity index (χ3v) is 5.67. The molecule has 0 bridgehead atoms. The maximum atomic E-state index is 13.8. The molecule has 0 saturated carbocycles. The molecule has 20 heavy (non-hydrogen) atoms. The van der Waals surface area contributed by atoms with Crippen LogP contribution in [-0.4, -0.2) is 33.4 Å². The van der Waals surface area contributed by atoms with Crippen LogP contribution in [0.25, 0.3) is 0 Å². The number of hydrogen-bond donors (Lipinski definition) is 0. The summed E-state index contributed by atoms with van der Waals surface area (Å²) in [5.74, 6) is -2.23. The van der Waals surface area contributed by atoms with Crippen LogP contribution in [0, 0.1) is 5.82 Å². The summed E-state index contributed by atoms with van der Waals surface area (Å²) in [5.41, 5.74) is 0. The van der Waals surface area contributed by atoms with Crippen LogP contribution in [-0.2, 0) is 19.4 Å². The summed E-state index contributed by atoms with van der Waals surface area (Å²) < 4.78 is 46.6. The lowest BCUT2D eigenvalue weighted by Crippen LogP contribution is -2.41. The molecule has 0 amide bonds. The first kappa shape index (κ1) is 16.9. The van der Waals surface area contributed by atoms with Crippen LogP contribution in [0.2, 0.25) is 0 Å². The Labute approximate surface area is 125 Å². The molecular weight excluding hydrogens is 355 g/mol. The third-order valence-electron chi connectivity index (χ3n) is 2.82. The van der Waals surface area contributed by atoms with E-state index in [4.69, 9.17) is 4.74 Å². The molecule has 1 rings (SSSR count). The number of benzene rings is 1. The first-order valence-corrected chi connectivity index (χ1v) is 7.73. The van der Waals surface area contributed by atoms with Crippen molar-refractivity contribution < 1.29 is 27.1 Å². The molecule has 0 aliphatic carbocycles. The van der Waals surface area contributed by atoms with E-state index < -0.39 is 37.0 Å². The average Bonchev–Trinajstić information content (AvgIpc) is 2.36. The predicted molar refractivity (Wildman–Crippen MR) is 73.9 cm³/mol. The molecule has 0 aromatic heterocycles. The predicted octanol–water partition coefficient (Wildman–Crippen LogP) is 2.32. The molecule has 0 saturated heterocycles. The minimum absolute atomic E-state index is 0.218. The van der Waals surface area contributed by atoms with Gasteiger partial charge in [-0.05, 0) is 26.0 Å². The van der Waals surface area contributed by atoms with Crippen LogP contribution < -0.4 is 4.74 Å². The summed E-state index contributed by atoms with van der Waals surface area (Å²) in [6.07, 6.45) is 0. The van der Waals surface area contributed by atoms with Crippen molar-refractivity contribution >= 4 is 31.7 Å². The number of carbonyl (C=O) groups is 1. The van der Waals surface area contributed by atoms with Crippen molar-refractivity contribution in [2.45, 2.75) is 23.5 Å². The van der Waals surface area contributed by atoms with E-state index in [9.17, 15) is 17.6 Å². The van der Waals surface area contributed by atoms with Crippen LogP contribution in [0.15, 0.2) is 21.5 Å². The normalized spacial score (nSPS) is 12.1. The van der Waals surface area contributed by atoms with E-state index in [0.29, 0.717) is 0 Å². The number of sulfone groups is 1. The smallest absolute Gasteiger partial charge is 0.327 e. The van der Waals surface area contributed by atoms with Gasteiger partial charge in [-0.3, -0.25) is 4.79 Å². The van der Waals surface area contributed by atoms with Crippen LogP contribution in [0.3, 0.4) is 0 Å². The minimum atomic E-state index is -4.21. The molecule has 0 atom stereocenters. The number of methoxy groups -OCH3 is 2. The fraction of sp³-hybridized carbons (Fsp3) is 0.417. The molecule has 0 aliphatic rings. The van der Waals surface area contributed by atoms with Crippen molar-refractivity contribution in [3.63, 3.8) is 0 Å². The van der Waals surface area contributed by atoms with Crippen molar-refractivity contribution in [3.8, 4) is 5.75 Å². The van der Waals surface area contributed by atoms with Gasteiger partial charge in [-0.2, -0.15) is 0 Å². The van der Waals surface area contributed by atoms with Gasteiger partial charge in [0, 0.05) is 4.47 Å². The molecule has 0 unspecified atom stereocenters. The van der Waals surface area contributed by atoms with Crippen molar-refractivity contribution in [1.82, 2.24) is 0 Å². The van der Waals surface area contributed by atoms with Crippen LogP contribution in [0.1, 0.15) is 13.8 Å². The summed E-state index contributed by atoms with van der Waals surface area (Å²) in [7, 11) is -1.98. The quantitative estimate of drug-likeness (QED) is 0.762. The average molecular weight is 369 g/mol. The number of esters is 1. The summed E-state index contributed by atoms with van der Waals surface area (Å²) >= 11 is 3.01. The molecule has 1 aromatic carbocycles. The fourth-order valence-corrected chi connectivity index (χ4v) is 3.71. The first-order chi connectivity index (χ1) is 9.09. The Morgan fingerprint density at radius 1 is 1.30 bits per heavy atom. The van der Waals surface area contributed by atoms with Gasteiger partial charge in [0.05, 0.1) is 14.2 Å². The minimum Gasteiger partial charge on any atom is -0.492 e. The second kappa shape index (κ2) is 5.69. The van der Waals surface area contributed by atoms with Crippen LogP contribution in [0.5, 0.6) is 5.75 Å². The molecule has 0 fully saturated rings. The van der Waals surface area contributed by atoms with E-state index in [1.54, 1.807) is 0 Å². The second-order valence-electron chi connectivity index (χ2n) is 4.42. The Balaban J connectivity index is 3.63. The monoisotopic (exact) mass is 368 g/mol. The van der Waals surface area contributed by atoms with Crippen LogP contribution in [0.4, 0.5) is 4.39 Å². The van der Waals surface area contributed by atoms with Crippen molar-refractivity contribution in [3.05, 3.63) is 22.4 Å². The summed E-state index contributed by atoms with van der Waals surface area (Å²) in [6, 6.07) is 2.25. The number of carbonyl (C=O) groups excluding carboxylic acids is 1. The SMILES string of the molecule is COC(=O)C(C)(C)S(=O)(=O)c1cc(Br)cc(F)c1OC. The number of rotatable bonds is 4. The van der Waals surface area contributed by atoms with Crippen molar-refractivity contribution in [2.24, 2.45) is 0 Å². The summed E-state index contributed by atoms with van der Waals surface area (Å²) in [4.78, 5) is 11.3. The molecule has 112 valence electrons. The lowest BCUT2D eigenvalue weighted by molar-refractivity contribution is -0.142. The molecular formula is C12H14BrFO5S. The zero-order valence-electron chi connectivity index (χ0n) is 11.4. The van der Waals surface area contributed by atoms with Gasteiger partial charge < -0.3 is 9.47 Å². The Kier molecular flexibility index (Phi) is 4.81. The highest BCUT2D eigenvalue weighted by atomic mass is 79.9. The van der Waals surface area contributed by atoms with Gasteiger partial charge in [0.2, 0.25) is 0 Å². The number of hydrogen-bond acceptors (Lipinski definition) is 5. The number of ether oxygens (including phenoxy) is 2. The highest BCUT2D eigenvalue weighted by Gasteiger charge is 2.45. The molecule has 0 spiro atoms. The standard InChI is InChI=1S/C12H14BrFO5S/c1-12(2,11(15)19-4)20(16,17)9-6-7(13)5-8(14)10(9)18-3/h5-6H,1-4H3. The zero-order valence-corrected chi connectivity index (χ0v) is 13.8. The molecule has 8 heteroatoms. The van der Waals surface area contributed by atoms with Crippen molar-refractivity contribution in [2.75, 3.05) is 14.2 Å². The Hall–Kier alpha value is -1.15. The second-order valence-corrected chi connectivity index (χ2v) is 7.81. The maximum absolute atomic E-state index is 13.8. The maximum Gasteiger partial charge on any atom is 0.327 e. The van der Waals surface area contributed by atoms with E-state index in [1.165, 1.54) is 19.9 Å². The number of halogens is 2. The topological polar surface area (TPSA) is 69.7 Å². The first-order valence-electron chi connectivity index (χ1n) is 5.45. The van der Waals surface area contributed by atoms with E-state index >= 15 is 0 Å². The summed E-state index contributed by atoms with van der Waals surface area (Å²) in [5, 5.41) is 0. The fourth-order valence-electron chi connectivity index (χ4n) is 1.56. The van der Waals surface area contributed by atoms with E-state index in [2.05, 4.69) is 20.7 Å². The largest absolute Gasteiger partial charge is 0.492 e. The highest BCUT2D eigenvalue weighted by molar-refractivity contribution is 9.10. The van der Waals surface area contributed by atoms with Gasteiger partial charge in [-0.15, -0.1) is 0 Å². The van der Waals surface area contributed by atoms with Crippen molar-refractivity contribution in [1.29, 1.82) is 0 Å². The molecule has 0 heterocycles. The Bertz CT molecular complexity index is 639. The zero-order chi connectivity index (χ0) is 15.7. The van der Waals surface area contributed by atoms with Gasteiger partial charge in [0.1, 0.15) is 4.90 Å². The van der Waals surface area contributed by atoms with E-state index in [-0.39, 0.29) is 4.47 Å². The Morgan fingerprint density at radius 3 is 2.30 bits per heavy atom. The molecule has 0 aliphatic heterocycles. The van der Waals surface area contributed by atoms with Gasteiger partial charge in [-0.25, -0.2) is 12.8 Å². The Morgan fingerprint density at radius 2 is 1.85 bits per heavy atom. The third kappa shape index (κ3) is 2.67. The molecule has 1 aromatic rings. The molecule has 0 radical (unpaired) electrons. The van der Waals surface area contributed by atoms with E-state index in [0.717, 1.165) is 20.3 Å². The highest BCUT2D eigenvalue weighted by Crippen LogP contribution is 2.36. The lowest BCUT2D eigenvalue weighted by atomic mass is 10.2. The van der Waals surface area contributed by atoms with Crippen LogP contribution >= 0.6 is 15.9 Å².